The van der Waals surface area contributed by atoms with Crippen LogP contribution in [0.15, 0.2) is 18.2 Å². The van der Waals surface area contributed by atoms with E-state index < -0.39 is 61.1 Å². The molecule has 0 saturated carbocycles. The Hall–Kier alpha value is -3.06. The molecule has 0 spiro atoms. The molecule has 1 aliphatic rings. The van der Waals surface area contributed by atoms with Gasteiger partial charge in [0.2, 0.25) is 18.1 Å². The molecule has 0 aliphatic carbocycles. The zero-order chi connectivity index (χ0) is 29.3. The first-order chi connectivity index (χ1) is 18.3. The van der Waals surface area contributed by atoms with Crippen LogP contribution in [0, 0.1) is 17.0 Å². The summed E-state index contributed by atoms with van der Waals surface area (Å²) in [6, 6.07) is 4.35. The molecule has 0 N–H and O–H groups in total. The van der Waals surface area contributed by atoms with E-state index in [9.17, 15) is 29.1 Å². The van der Waals surface area contributed by atoms with Crippen LogP contribution in [0.25, 0.3) is 0 Å². The molecule has 15 heteroatoms. The van der Waals surface area contributed by atoms with E-state index in [4.69, 9.17) is 32.7 Å². The molecular weight excluding hydrogens is 541 g/mol. The summed E-state index contributed by atoms with van der Waals surface area (Å²) in [6.07, 6.45) is -7.27. The third-order valence-electron chi connectivity index (χ3n) is 5.46. The Morgan fingerprint density at radius 2 is 1.49 bits per heavy atom. The Morgan fingerprint density at radius 1 is 0.949 bits per heavy atom. The highest BCUT2D eigenvalue weighted by atomic mass is 31.2. The number of aryl methyl sites for hydroxylation is 1. The third kappa shape index (κ3) is 8.99. The lowest BCUT2D eigenvalue weighted by molar-refractivity contribution is -0.387. The maximum absolute atomic E-state index is 13.1. The van der Waals surface area contributed by atoms with Crippen LogP contribution in [-0.4, -0.2) is 72.9 Å². The summed E-state index contributed by atoms with van der Waals surface area (Å²) in [5.74, 6) is -2.59. The monoisotopic (exact) mass is 575 g/mol. The first kappa shape index (κ1) is 32.2. The predicted molar refractivity (Wildman–Crippen MR) is 134 cm³/mol. The summed E-state index contributed by atoms with van der Waals surface area (Å²) in [6.45, 7) is 8.30. The van der Waals surface area contributed by atoms with Crippen LogP contribution in [0.1, 0.15) is 46.6 Å². The average molecular weight is 576 g/mol. The van der Waals surface area contributed by atoms with Crippen LogP contribution >= 0.6 is 7.60 Å². The standard InChI is InChI=1S/C24H34NO13P/c1-7-32-39(31,33-8-2)13-12-19-21(34-15(4)26)22(35-16(5)27)23(36-17(6)28)24(38-19)37-18-11-9-10-14(3)20(18)25(29)30/h9-11,19,21-24H,7-8,12-13H2,1-6H3/t19-,21-,22+,23+,24+/m1/s1. The van der Waals surface area contributed by atoms with E-state index in [1.807, 2.05) is 0 Å². The third-order valence-corrected chi connectivity index (χ3v) is 7.57. The summed E-state index contributed by atoms with van der Waals surface area (Å²) < 4.78 is 51.9. The second kappa shape index (κ2) is 14.4. The number of nitro groups is 1. The summed E-state index contributed by atoms with van der Waals surface area (Å²) in [4.78, 5) is 47.2. The number of benzene rings is 1. The Labute approximate surface area is 225 Å². The van der Waals surface area contributed by atoms with Gasteiger partial charge in [0.15, 0.2) is 12.2 Å². The number of carbonyl (C=O) groups is 3. The summed E-state index contributed by atoms with van der Waals surface area (Å²) >= 11 is 0. The molecule has 0 aromatic heterocycles. The van der Waals surface area contributed by atoms with Crippen molar-refractivity contribution in [3.63, 3.8) is 0 Å². The summed E-state index contributed by atoms with van der Waals surface area (Å²) in [7, 11) is -3.59. The van der Waals surface area contributed by atoms with E-state index in [0.29, 0.717) is 0 Å². The van der Waals surface area contributed by atoms with E-state index in [1.165, 1.54) is 25.1 Å². The number of carbonyl (C=O) groups excluding carboxylic acids is 3. The van der Waals surface area contributed by atoms with Crippen molar-refractivity contribution in [2.45, 2.75) is 78.7 Å². The minimum absolute atomic E-state index is 0.101. The Morgan fingerprint density at radius 3 is 2.00 bits per heavy atom. The van der Waals surface area contributed by atoms with E-state index in [-0.39, 0.29) is 42.8 Å². The highest BCUT2D eigenvalue weighted by Gasteiger charge is 2.53. The molecule has 14 nitrogen and oxygen atoms in total. The first-order valence-corrected chi connectivity index (χ1v) is 14.0. The topological polar surface area (TPSA) is 176 Å². The maximum Gasteiger partial charge on any atom is 0.330 e. The minimum atomic E-state index is -3.59. The molecule has 0 unspecified atom stereocenters. The number of esters is 3. The van der Waals surface area contributed by atoms with Gasteiger partial charge < -0.3 is 32.7 Å². The van der Waals surface area contributed by atoms with Gasteiger partial charge in [0.1, 0.15) is 6.10 Å². The van der Waals surface area contributed by atoms with Gasteiger partial charge in [-0.3, -0.25) is 29.1 Å². The number of hydrogen-bond donors (Lipinski definition) is 0. The fourth-order valence-corrected chi connectivity index (χ4v) is 5.80. The van der Waals surface area contributed by atoms with Gasteiger partial charge in [-0.05, 0) is 33.3 Å². The number of rotatable bonds is 13. The number of para-hydroxylation sites is 1. The maximum atomic E-state index is 13.1. The van der Waals surface area contributed by atoms with Crippen LogP contribution in [0.5, 0.6) is 5.75 Å². The first-order valence-electron chi connectivity index (χ1n) is 12.3. The predicted octanol–water partition coefficient (Wildman–Crippen LogP) is 3.46. The molecule has 39 heavy (non-hydrogen) atoms. The quantitative estimate of drug-likeness (QED) is 0.110. The highest BCUT2D eigenvalue weighted by molar-refractivity contribution is 7.53. The Balaban J connectivity index is 2.57. The van der Waals surface area contributed by atoms with Crippen molar-refractivity contribution in [3.8, 4) is 5.75 Å². The summed E-state index contributed by atoms with van der Waals surface area (Å²) in [5.41, 5.74) is -0.0693. The summed E-state index contributed by atoms with van der Waals surface area (Å²) in [5, 5.41) is 11.7. The van der Waals surface area contributed by atoms with Crippen molar-refractivity contribution < 1.29 is 56.6 Å². The highest BCUT2D eigenvalue weighted by Crippen LogP contribution is 2.49. The largest absolute Gasteiger partial charge is 0.456 e. The van der Waals surface area contributed by atoms with Gasteiger partial charge in [0.25, 0.3) is 0 Å². The van der Waals surface area contributed by atoms with Crippen LogP contribution in [0.2, 0.25) is 0 Å². The lowest BCUT2D eigenvalue weighted by atomic mass is 9.96. The number of hydrogen-bond acceptors (Lipinski definition) is 13. The van der Waals surface area contributed by atoms with Crippen molar-refractivity contribution in [1.29, 1.82) is 0 Å². The van der Waals surface area contributed by atoms with Gasteiger partial charge in [0.05, 0.1) is 24.3 Å². The molecule has 1 aromatic rings. The molecule has 1 heterocycles. The van der Waals surface area contributed by atoms with Crippen LogP contribution < -0.4 is 4.74 Å². The molecule has 0 bridgehead atoms. The SMILES string of the molecule is CCOP(=O)(CC[C@H]1O[C@H](Oc2cccc(C)c2[N+](=O)[O-])[C@@H](OC(C)=O)[C@@H](OC(C)=O)[C@@H]1OC(C)=O)OCC. The molecule has 1 aromatic carbocycles. The Kier molecular flexibility index (Phi) is 11.8. The molecule has 0 amide bonds. The lowest BCUT2D eigenvalue weighted by Crippen LogP contribution is -2.62. The van der Waals surface area contributed by atoms with Crippen LogP contribution in [-0.2, 0) is 46.9 Å². The fraction of sp³-hybridized carbons (Fsp3) is 0.625. The zero-order valence-corrected chi connectivity index (χ0v) is 23.5. The van der Waals surface area contributed by atoms with Crippen molar-refractivity contribution in [2.75, 3.05) is 19.4 Å². The zero-order valence-electron chi connectivity index (χ0n) is 22.6. The second-order valence-corrected chi connectivity index (χ2v) is 10.7. The lowest BCUT2D eigenvalue weighted by Gasteiger charge is -2.44. The second-order valence-electron chi connectivity index (χ2n) is 8.52. The van der Waals surface area contributed by atoms with Gasteiger partial charge in [-0.2, -0.15) is 0 Å². The smallest absolute Gasteiger partial charge is 0.330 e. The minimum Gasteiger partial charge on any atom is -0.456 e. The van der Waals surface area contributed by atoms with Gasteiger partial charge >= 0.3 is 31.2 Å². The molecule has 0 radical (unpaired) electrons. The molecule has 1 saturated heterocycles. The van der Waals surface area contributed by atoms with Crippen molar-refractivity contribution in [3.05, 3.63) is 33.9 Å². The van der Waals surface area contributed by atoms with Gasteiger partial charge in [-0.25, -0.2) is 0 Å². The molecular formula is C24H34NO13P. The normalized spacial score (nSPS) is 23.0. The van der Waals surface area contributed by atoms with Crippen molar-refractivity contribution >= 4 is 31.2 Å². The molecule has 1 aliphatic heterocycles. The van der Waals surface area contributed by atoms with Crippen LogP contribution in [0.4, 0.5) is 5.69 Å². The van der Waals surface area contributed by atoms with E-state index in [2.05, 4.69) is 0 Å². The number of nitro benzene ring substituents is 1. The molecule has 5 atom stereocenters. The van der Waals surface area contributed by atoms with Gasteiger partial charge in [0, 0.05) is 26.3 Å². The van der Waals surface area contributed by atoms with Crippen molar-refractivity contribution in [2.24, 2.45) is 0 Å². The molecule has 2 rings (SSSR count). The van der Waals surface area contributed by atoms with Gasteiger partial charge in [-0.15, -0.1) is 0 Å². The van der Waals surface area contributed by atoms with Crippen molar-refractivity contribution in [1.82, 2.24) is 0 Å². The van der Waals surface area contributed by atoms with Gasteiger partial charge in [-0.1, -0.05) is 12.1 Å². The average Bonchev–Trinajstić information content (AvgIpc) is 2.81. The van der Waals surface area contributed by atoms with E-state index in [0.717, 1.165) is 20.8 Å². The number of nitrogens with zero attached hydrogens (tertiary/aromatic N) is 1. The Bertz CT molecular complexity index is 1080. The number of ether oxygens (including phenoxy) is 5. The molecule has 218 valence electrons. The van der Waals surface area contributed by atoms with E-state index >= 15 is 0 Å². The molecule has 1 fully saturated rings. The van der Waals surface area contributed by atoms with Crippen LogP contribution in [0.3, 0.4) is 0 Å². The van der Waals surface area contributed by atoms with E-state index in [1.54, 1.807) is 13.8 Å². The fourth-order valence-electron chi connectivity index (χ4n) is 4.11.